The quantitative estimate of drug-likeness (QED) is 0.246. The zero-order valence-electron chi connectivity index (χ0n) is 6.66. The van der Waals surface area contributed by atoms with E-state index in [1.54, 1.807) is 0 Å². The first-order valence-corrected chi connectivity index (χ1v) is 4.40. The van der Waals surface area contributed by atoms with Crippen molar-refractivity contribution in [3.8, 4) is 0 Å². The third-order valence-corrected chi connectivity index (χ3v) is 1.43. The molecule has 0 aromatic heterocycles. The van der Waals surface area contributed by atoms with Gasteiger partial charge in [0.15, 0.2) is 0 Å². The van der Waals surface area contributed by atoms with E-state index in [0.717, 1.165) is 0 Å². The molecule has 0 aliphatic carbocycles. The molecule has 0 aromatic rings. The van der Waals surface area contributed by atoms with Crippen LogP contribution in [-0.4, -0.2) is 12.3 Å². The van der Waals surface area contributed by atoms with Crippen molar-refractivity contribution in [1.29, 1.82) is 0 Å². The van der Waals surface area contributed by atoms with Gasteiger partial charge in [-0.3, -0.25) is 4.57 Å². The second-order valence-electron chi connectivity index (χ2n) is 1.89. The normalized spacial score (nSPS) is 16.9. The summed E-state index contributed by atoms with van der Waals surface area (Å²) < 4.78 is 74.5. The molecule has 0 rings (SSSR count). The summed E-state index contributed by atoms with van der Waals surface area (Å²) in [5.74, 6) is 0. The number of phosphoric ester groups is 1. The summed E-state index contributed by atoms with van der Waals surface area (Å²) in [4.78, 5) is 12.7. The zero-order valence-corrected chi connectivity index (χ0v) is 7.56. The molecule has 0 N–H and O–H groups in total. The van der Waals surface area contributed by atoms with Crippen LogP contribution in [0.2, 0.25) is 0 Å². The van der Waals surface area contributed by atoms with E-state index in [4.69, 9.17) is 0 Å². The van der Waals surface area contributed by atoms with Crippen molar-refractivity contribution in [2.45, 2.75) is 12.3 Å². The Labute approximate surface area is 79.6 Å². The SMILES string of the molecule is C=COP(=O)([O-])OOC(F)(F)C(F)(F)F. The fraction of sp³-hybridized carbons (Fsp3) is 0.500. The van der Waals surface area contributed by atoms with Gasteiger partial charge in [0, 0.05) is 0 Å². The molecule has 0 spiro atoms. The average molecular weight is 257 g/mol. The number of hydrogen-bond acceptors (Lipinski definition) is 5. The molecule has 90 valence electrons. The maximum Gasteiger partial charge on any atom is 0.485 e. The van der Waals surface area contributed by atoms with E-state index in [9.17, 15) is 31.4 Å². The lowest BCUT2D eigenvalue weighted by atomic mass is 10.6. The molecule has 0 saturated heterocycles. The van der Waals surface area contributed by atoms with Crippen LogP contribution in [0.1, 0.15) is 0 Å². The number of halogens is 5. The molecule has 0 fully saturated rings. The molecular formula is C4H3F5O5P-. The molecule has 15 heavy (non-hydrogen) atoms. The fourth-order valence-corrected chi connectivity index (χ4v) is 0.651. The summed E-state index contributed by atoms with van der Waals surface area (Å²) >= 11 is 0. The lowest BCUT2D eigenvalue weighted by Crippen LogP contribution is -2.39. The van der Waals surface area contributed by atoms with Crippen molar-refractivity contribution in [3.05, 3.63) is 12.8 Å². The van der Waals surface area contributed by atoms with Crippen molar-refractivity contribution < 1.29 is 45.5 Å². The lowest BCUT2D eigenvalue weighted by Gasteiger charge is -2.23. The van der Waals surface area contributed by atoms with Crippen LogP contribution in [-0.2, 0) is 18.7 Å². The molecule has 1 unspecified atom stereocenters. The highest BCUT2D eigenvalue weighted by Gasteiger charge is 2.61. The predicted molar refractivity (Wildman–Crippen MR) is 32.1 cm³/mol. The van der Waals surface area contributed by atoms with Crippen LogP contribution in [0.4, 0.5) is 22.0 Å². The Kier molecular flexibility index (Phi) is 4.23. The Morgan fingerprint density at radius 2 is 1.73 bits per heavy atom. The Bertz CT molecular complexity index is 275. The van der Waals surface area contributed by atoms with Gasteiger partial charge in [-0.2, -0.15) is 22.0 Å². The van der Waals surface area contributed by atoms with Crippen LogP contribution in [0.3, 0.4) is 0 Å². The Morgan fingerprint density at radius 3 is 2.07 bits per heavy atom. The summed E-state index contributed by atoms with van der Waals surface area (Å²) in [5, 5.41) is 0. The van der Waals surface area contributed by atoms with Gasteiger partial charge in [0.2, 0.25) is 0 Å². The second kappa shape index (κ2) is 4.44. The van der Waals surface area contributed by atoms with Crippen molar-refractivity contribution in [1.82, 2.24) is 0 Å². The lowest BCUT2D eigenvalue weighted by molar-refractivity contribution is -0.486. The van der Waals surface area contributed by atoms with Crippen LogP contribution < -0.4 is 4.89 Å². The third kappa shape index (κ3) is 4.56. The fourth-order valence-electron chi connectivity index (χ4n) is 0.249. The topological polar surface area (TPSA) is 67.8 Å². The van der Waals surface area contributed by atoms with Crippen LogP contribution in [0.15, 0.2) is 12.8 Å². The average Bonchev–Trinajstić information content (AvgIpc) is 1.99. The van der Waals surface area contributed by atoms with E-state index in [1.807, 2.05) is 0 Å². The van der Waals surface area contributed by atoms with Gasteiger partial charge in [-0.05, 0) is 0 Å². The summed E-state index contributed by atoms with van der Waals surface area (Å²) in [6.45, 7) is 2.70. The minimum absolute atomic E-state index is 0.239. The van der Waals surface area contributed by atoms with Gasteiger partial charge in [0.1, 0.15) is 0 Å². The third-order valence-electron chi connectivity index (χ3n) is 0.767. The largest absolute Gasteiger partial charge is 0.744 e. The molecule has 5 nitrogen and oxygen atoms in total. The molecule has 0 aliphatic heterocycles. The summed E-state index contributed by atoms with van der Waals surface area (Å²) in [7, 11) is -5.43. The van der Waals surface area contributed by atoms with Gasteiger partial charge in [-0.1, -0.05) is 6.58 Å². The van der Waals surface area contributed by atoms with Gasteiger partial charge in [0.25, 0.3) is 0 Å². The standard InChI is InChI=1S/C4H4F5O5P/c1-2-12-15(10,11)14-13-4(8,9)3(5,6)7/h2H,1H2,(H,10,11)/p-1. The molecule has 0 amide bonds. The first kappa shape index (κ1) is 14.3. The molecule has 0 saturated carbocycles. The smallest absolute Gasteiger partial charge is 0.485 e. The van der Waals surface area contributed by atoms with E-state index in [-0.39, 0.29) is 6.26 Å². The Morgan fingerprint density at radius 1 is 1.27 bits per heavy atom. The van der Waals surface area contributed by atoms with Crippen molar-refractivity contribution in [2.24, 2.45) is 0 Å². The predicted octanol–water partition coefficient (Wildman–Crippen LogP) is 1.72. The first-order valence-electron chi connectivity index (χ1n) is 2.94. The number of hydrogen-bond donors (Lipinski definition) is 0. The van der Waals surface area contributed by atoms with Gasteiger partial charge in [-0.25, -0.2) is 0 Å². The summed E-state index contributed by atoms with van der Waals surface area (Å²) in [5.41, 5.74) is 0. The second-order valence-corrected chi connectivity index (χ2v) is 3.15. The van der Waals surface area contributed by atoms with Crippen LogP contribution in [0, 0.1) is 0 Å². The van der Waals surface area contributed by atoms with Crippen LogP contribution in [0.5, 0.6) is 0 Å². The molecule has 11 heteroatoms. The first-order chi connectivity index (χ1) is 6.52. The minimum Gasteiger partial charge on any atom is -0.744 e. The van der Waals surface area contributed by atoms with Gasteiger partial charge >= 0.3 is 20.1 Å². The van der Waals surface area contributed by atoms with E-state index >= 15 is 0 Å². The highest BCUT2D eigenvalue weighted by atomic mass is 31.2. The molecule has 0 radical (unpaired) electrons. The van der Waals surface area contributed by atoms with Crippen LogP contribution >= 0.6 is 7.82 Å². The van der Waals surface area contributed by atoms with E-state index < -0.39 is 20.1 Å². The highest BCUT2D eigenvalue weighted by Crippen LogP contribution is 2.44. The Balaban J connectivity index is 4.39. The Hall–Kier alpha value is -0.700. The molecule has 0 aromatic carbocycles. The molecule has 0 bridgehead atoms. The molecular weight excluding hydrogens is 254 g/mol. The van der Waals surface area contributed by atoms with Crippen molar-refractivity contribution in [2.75, 3.05) is 0 Å². The monoisotopic (exact) mass is 257 g/mol. The van der Waals surface area contributed by atoms with E-state index in [2.05, 4.69) is 20.7 Å². The zero-order chi connectivity index (χ0) is 12.3. The van der Waals surface area contributed by atoms with Gasteiger partial charge in [0.05, 0.1) is 6.26 Å². The molecule has 0 aliphatic rings. The maximum absolute atomic E-state index is 11.9. The highest BCUT2D eigenvalue weighted by molar-refractivity contribution is 7.45. The minimum atomic E-state index is -6.11. The number of rotatable bonds is 5. The van der Waals surface area contributed by atoms with E-state index in [0.29, 0.717) is 0 Å². The van der Waals surface area contributed by atoms with Gasteiger partial charge in [-0.15, -0.1) is 9.56 Å². The van der Waals surface area contributed by atoms with Crippen molar-refractivity contribution >= 4 is 7.82 Å². The van der Waals surface area contributed by atoms with Gasteiger partial charge < -0.3 is 9.42 Å². The van der Waals surface area contributed by atoms with Crippen molar-refractivity contribution in [3.63, 3.8) is 0 Å². The summed E-state index contributed by atoms with van der Waals surface area (Å²) in [6, 6.07) is 0. The number of phosphoric acid groups is 1. The maximum atomic E-state index is 11.9. The number of alkyl halides is 5. The molecule has 1 atom stereocenters. The summed E-state index contributed by atoms with van der Waals surface area (Å²) in [6.07, 6.45) is -11.6. The van der Waals surface area contributed by atoms with E-state index in [1.165, 1.54) is 0 Å². The molecule has 0 heterocycles. The van der Waals surface area contributed by atoms with Crippen LogP contribution in [0.25, 0.3) is 0 Å².